The summed E-state index contributed by atoms with van der Waals surface area (Å²) in [6.45, 7) is 4.49. The van der Waals surface area contributed by atoms with Crippen molar-refractivity contribution in [3.63, 3.8) is 0 Å². The zero-order chi connectivity index (χ0) is 13.9. The van der Waals surface area contributed by atoms with Gasteiger partial charge in [-0.3, -0.25) is 4.90 Å². The summed E-state index contributed by atoms with van der Waals surface area (Å²) in [4.78, 5) is 5.30. The lowest BCUT2D eigenvalue weighted by Gasteiger charge is -2.32. The normalized spacial score (nSPS) is 24.0. The molecule has 2 N–H and O–H groups in total. The Morgan fingerprint density at radius 1 is 1.25 bits per heavy atom. The van der Waals surface area contributed by atoms with Crippen molar-refractivity contribution in [3.8, 4) is 0 Å². The lowest BCUT2D eigenvalue weighted by molar-refractivity contribution is 0.174. The molecule has 2 saturated heterocycles. The molecule has 1 aromatic rings. The van der Waals surface area contributed by atoms with E-state index in [4.69, 9.17) is 18.0 Å². The lowest BCUT2D eigenvalue weighted by atomic mass is 10.1. The highest BCUT2D eigenvalue weighted by Crippen LogP contribution is 2.25. The molecule has 6 heteroatoms. The Hall–Kier alpha value is -1.27. The second kappa shape index (κ2) is 6.01. The molecule has 3 rings (SSSR count). The summed E-state index contributed by atoms with van der Waals surface area (Å²) >= 11 is 5.11. The molecule has 0 spiro atoms. The number of nitrogens with zero attached hydrogens (tertiary/aromatic N) is 4. The summed E-state index contributed by atoms with van der Waals surface area (Å²) in [6, 6.07) is 2.50. The minimum atomic E-state index is 0.399. The average Bonchev–Trinajstić information content (AvgIpc) is 2.98. The van der Waals surface area contributed by atoms with Gasteiger partial charge in [0.2, 0.25) is 0 Å². The fraction of sp³-hybridized carbons (Fsp3) is 0.643. The third-order valence-electron chi connectivity index (χ3n) is 4.34. The molecule has 1 aromatic heterocycles. The fourth-order valence-electron chi connectivity index (χ4n) is 3.27. The van der Waals surface area contributed by atoms with Crippen LogP contribution in [0.2, 0.25) is 0 Å². The van der Waals surface area contributed by atoms with Crippen molar-refractivity contribution in [1.82, 2.24) is 15.1 Å². The number of thiocarbonyl (C=S) groups is 1. The number of hydrogen-bond acceptors (Lipinski definition) is 5. The Balaban J connectivity index is 1.72. The van der Waals surface area contributed by atoms with Crippen LogP contribution in [-0.2, 0) is 0 Å². The summed E-state index contributed by atoms with van der Waals surface area (Å²) in [5, 5.41) is 8.24. The van der Waals surface area contributed by atoms with Crippen LogP contribution in [0, 0.1) is 0 Å². The van der Waals surface area contributed by atoms with Crippen LogP contribution in [0.4, 0.5) is 5.82 Å². The van der Waals surface area contributed by atoms with E-state index >= 15 is 0 Å². The van der Waals surface area contributed by atoms with Gasteiger partial charge in [-0.1, -0.05) is 18.6 Å². The number of likely N-dealkylation sites (tertiary alicyclic amines) is 1. The summed E-state index contributed by atoms with van der Waals surface area (Å²) in [7, 11) is 0. The van der Waals surface area contributed by atoms with Gasteiger partial charge in [-0.25, -0.2) is 0 Å². The van der Waals surface area contributed by atoms with Gasteiger partial charge in [0.15, 0.2) is 5.82 Å². The van der Waals surface area contributed by atoms with E-state index in [-0.39, 0.29) is 0 Å². The Kier molecular flexibility index (Phi) is 4.12. The molecule has 2 aliphatic rings. The van der Waals surface area contributed by atoms with Crippen LogP contribution in [0.3, 0.4) is 0 Å². The van der Waals surface area contributed by atoms with Gasteiger partial charge in [0.05, 0.1) is 11.8 Å². The molecule has 5 nitrogen and oxygen atoms in total. The van der Waals surface area contributed by atoms with E-state index < -0.39 is 0 Å². The third-order valence-corrected chi connectivity index (χ3v) is 4.56. The molecule has 0 radical (unpaired) electrons. The van der Waals surface area contributed by atoms with Crippen molar-refractivity contribution in [2.75, 3.05) is 31.1 Å². The smallest absolute Gasteiger partial charge is 0.161 e. The standard InChI is InChI=1S/C14H21N5S/c15-13(20)12-4-6-16-17-14(12)19-9-5-11(10-19)18-7-2-1-3-8-18/h4,6,11H,1-3,5,7-10H2,(H2,15,20). The van der Waals surface area contributed by atoms with E-state index in [0.29, 0.717) is 11.0 Å². The van der Waals surface area contributed by atoms with Crippen LogP contribution in [0.5, 0.6) is 0 Å². The maximum absolute atomic E-state index is 5.79. The van der Waals surface area contributed by atoms with Crippen molar-refractivity contribution in [3.05, 3.63) is 17.8 Å². The van der Waals surface area contributed by atoms with E-state index in [1.54, 1.807) is 6.20 Å². The molecule has 0 aliphatic carbocycles. The molecule has 1 unspecified atom stereocenters. The SMILES string of the molecule is NC(=S)c1ccnnc1N1CCC(N2CCCCC2)C1. The molecule has 0 aromatic carbocycles. The van der Waals surface area contributed by atoms with Gasteiger partial charge in [-0.15, -0.1) is 5.10 Å². The first-order valence-corrected chi connectivity index (χ1v) is 7.77. The first-order chi connectivity index (χ1) is 9.75. The highest BCUT2D eigenvalue weighted by molar-refractivity contribution is 7.80. The van der Waals surface area contributed by atoms with Gasteiger partial charge in [-0.05, 0) is 38.4 Å². The minimum absolute atomic E-state index is 0.399. The molecule has 20 heavy (non-hydrogen) atoms. The first kappa shape index (κ1) is 13.7. The number of rotatable bonds is 3. The molecule has 0 amide bonds. The topological polar surface area (TPSA) is 58.3 Å². The van der Waals surface area contributed by atoms with E-state index in [1.807, 2.05) is 6.07 Å². The maximum Gasteiger partial charge on any atom is 0.161 e. The Labute approximate surface area is 125 Å². The number of hydrogen-bond donors (Lipinski definition) is 1. The van der Waals surface area contributed by atoms with E-state index in [1.165, 1.54) is 38.8 Å². The van der Waals surface area contributed by atoms with Crippen molar-refractivity contribution < 1.29 is 0 Å². The second-order valence-electron chi connectivity index (χ2n) is 5.62. The quantitative estimate of drug-likeness (QED) is 0.844. The Morgan fingerprint density at radius 2 is 2.05 bits per heavy atom. The number of nitrogens with two attached hydrogens (primary N) is 1. The van der Waals surface area contributed by atoms with E-state index in [9.17, 15) is 0 Å². The molecule has 0 saturated carbocycles. The minimum Gasteiger partial charge on any atom is -0.389 e. The highest BCUT2D eigenvalue weighted by Gasteiger charge is 2.30. The Bertz CT molecular complexity index is 486. The molecule has 3 heterocycles. The summed E-state index contributed by atoms with van der Waals surface area (Å²) in [5.74, 6) is 0.847. The lowest BCUT2D eigenvalue weighted by Crippen LogP contribution is -2.41. The molecule has 108 valence electrons. The van der Waals surface area contributed by atoms with Crippen LogP contribution in [0.15, 0.2) is 12.3 Å². The largest absolute Gasteiger partial charge is 0.389 e. The monoisotopic (exact) mass is 291 g/mol. The molecular formula is C14H21N5S. The summed E-state index contributed by atoms with van der Waals surface area (Å²) < 4.78 is 0. The van der Waals surface area contributed by atoms with Gasteiger partial charge in [0.25, 0.3) is 0 Å². The summed E-state index contributed by atoms with van der Waals surface area (Å²) in [5.41, 5.74) is 6.63. The van der Waals surface area contributed by atoms with Crippen LogP contribution >= 0.6 is 12.2 Å². The highest BCUT2D eigenvalue weighted by atomic mass is 32.1. The van der Waals surface area contributed by atoms with Crippen molar-refractivity contribution in [2.24, 2.45) is 5.73 Å². The number of anilines is 1. The zero-order valence-corrected chi connectivity index (χ0v) is 12.5. The number of piperidine rings is 1. The van der Waals surface area contributed by atoms with Crippen LogP contribution in [0.25, 0.3) is 0 Å². The molecule has 1 atom stereocenters. The van der Waals surface area contributed by atoms with Crippen molar-refractivity contribution in [2.45, 2.75) is 31.7 Å². The van der Waals surface area contributed by atoms with Crippen molar-refractivity contribution >= 4 is 23.0 Å². The third kappa shape index (κ3) is 2.76. The molecule has 2 fully saturated rings. The van der Waals surface area contributed by atoms with Crippen LogP contribution in [0.1, 0.15) is 31.2 Å². The van der Waals surface area contributed by atoms with Gasteiger partial charge in [0.1, 0.15) is 4.99 Å². The summed E-state index contributed by atoms with van der Waals surface area (Å²) in [6.07, 6.45) is 6.88. The van der Waals surface area contributed by atoms with E-state index in [2.05, 4.69) is 20.0 Å². The van der Waals surface area contributed by atoms with Gasteiger partial charge in [0, 0.05) is 19.1 Å². The molecular weight excluding hydrogens is 270 g/mol. The van der Waals surface area contributed by atoms with Crippen LogP contribution in [-0.4, -0.2) is 52.3 Å². The maximum atomic E-state index is 5.79. The predicted molar refractivity (Wildman–Crippen MR) is 84.0 cm³/mol. The average molecular weight is 291 g/mol. The van der Waals surface area contributed by atoms with Gasteiger partial charge >= 0.3 is 0 Å². The van der Waals surface area contributed by atoms with Gasteiger partial charge < -0.3 is 10.6 Å². The van der Waals surface area contributed by atoms with Gasteiger partial charge in [-0.2, -0.15) is 5.10 Å². The first-order valence-electron chi connectivity index (χ1n) is 7.36. The van der Waals surface area contributed by atoms with Crippen molar-refractivity contribution in [1.29, 1.82) is 0 Å². The predicted octanol–water partition coefficient (Wildman–Crippen LogP) is 1.18. The van der Waals surface area contributed by atoms with E-state index in [0.717, 1.165) is 24.5 Å². The Morgan fingerprint density at radius 3 is 2.80 bits per heavy atom. The molecule has 0 bridgehead atoms. The zero-order valence-electron chi connectivity index (χ0n) is 11.7. The molecule has 2 aliphatic heterocycles. The number of aromatic nitrogens is 2. The fourth-order valence-corrected chi connectivity index (χ4v) is 3.43. The van der Waals surface area contributed by atoms with Crippen LogP contribution < -0.4 is 10.6 Å². The second-order valence-corrected chi connectivity index (χ2v) is 6.06.